The van der Waals surface area contributed by atoms with Crippen LogP contribution in [0.15, 0.2) is 0 Å². The van der Waals surface area contributed by atoms with Crippen LogP contribution in [0, 0.1) is 5.41 Å². The first kappa shape index (κ1) is 11.7. The van der Waals surface area contributed by atoms with Gasteiger partial charge < -0.3 is 0 Å². The Kier molecular flexibility index (Phi) is 4.11. The molecule has 1 rings (SSSR count). The Morgan fingerprint density at radius 2 is 1.93 bits per heavy atom. The Morgan fingerprint density at radius 3 is 2.36 bits per heavy atom. The number of rotatable bonds is 5. The minimum atomic E-state index is 0.382. The van der Waals surface area contributed by atoms with Gasteiger partial charge >= 0.3 is 0 Å². The maximum atomic E-state index is 11.3. The SMILES string of the molecule is CCC(=O)CN1CCC(CC)(CC)C1. The third-order valence-corrected chi connectivity index (χ3v) is 3.81. The molecule has 0 radical (unpaired) electrons. The zero-order chi connectivity index (χ0) is 10.6. The van der Waals surface area contributed by atoms with Gasteiger partial charge in [-0.1, -0.05) is 20.8 Å². The molecule has 82 valence electrons. The van der Waals surface area contributed by atoms with Gasteiger partial charge in [0, 0.05) is 13.0 Å². The molecule has 0 atom stereocenters. The van der Waals surface area contributed by atoms with Gasteiger partial charge in [0.15, 0.2) is 0 Å². The van der Waals surface area contributed by atoms with E-state index < -0.39 is 0 Å². The molecule has 0 aliphatic carbocycles. The van der Waals surface area contributed by atoms with Crippen LogP contribution in [0.5, 0.6) is 0 Å². The fourth-order valence-corrected chi connectivity index (χ4v) is 2.35. The van der Waals surface area contributed by atoms with Crippen LogP contribution in [0.1, 0.15) is 46.5 Å². The minimum absolute atomic E-state index is 0.382. The summed E-state index contributed by atoms with van der Waals surface area (Å²) in [6, 6.07) is 0. The van der Waals surface area contributed by atoms with Crippen molar-refractivity contribution in [3.8, 4) is 0 Å². The summed E-state index contributed by atoms with van der Waals surface area (Å²) in [5.41, 5.74) is 0.508. The number of ketones is 1. The molecule has 0 unspecified atom stereocenters. The fraction of sp³-hybridized carbons (Fsp3) is 0.917. The average Bonchev–Trinajstić information content (AvgIpc) is 2.62. The molecule has 0 aromatic rings. The number of hydrogen-bond acceptors (Lipinski definition) is 2. The third kappa shape index (κ3) is 2.57. The lowest BCUT2D eigenvalue weighted by Crippen LogP contribution is -2.30. The van der Waals surface area contributed by atoms with E-state index in [1.807, 2.05) is 6.92 Å². The molecule has 2 heteroatoms. The van der Waals surface area contributed by atoms with E-state index >= 15 is 0 Å². The summed E-state index contributed by atoms with van der Waals surface area (Å²) in [6.07, 6.45) is 4.46. The topological polar surface area (TPSA) is 20.3 Å². The van der Waals surface area contributed by atoms with Gasteiger partial charge in [-0.15, -0.1) is 0 Å². The molecule has 0 aromatic carbocycles. The predicted molar refractivity (Wildman–Crippen MR) is 59.4 cm³/mol. The van der Waals surface area contributed by atoms with Crippen LogP contribution in [0.2, 0.25) is 0 Å². The third-order valence-electron chi connectivity index (χ3n) is 3.81. The van der Waals surface area contributed by atoms with Gasteiger partial charge in [-0.05, 0) is 31.2 Å². The highest BCUT2D eigenvalue weighted by Gasteiger charge is 2.34. The van der Waals surface area contributed by atoms with Crippen molar-refractivity contribution in [1.82, 2.24) is 4.90 Å². The van der Waals surface area contributed by atoms with Crippen molar-refractivity contribution in [3.63, 3.8) is 0 Å². The number of Topliss-reactive ketones (excluding diaryl/α,β-unsaturated/α-hetero) is 1. The van der Waals surface area contributed by atoms with E-state index in [1.54, 1.807) is 0 Å². The molecule has 0 aromatic heterocycles. The van der Waals surface area contributed by atoms with Gasteiger partial charge in [-0.25, -0.2) is 0 Å². The van der Waals surface area contributed by atoms with Crippen LogP contribution in [-0.4, -0.2) is 30.3 Å². The molecular weight excluding hydrogens is 174 g/mol. The van der Waals surface area contributed by atoms with E-state index in [-0.39, 0.29) is 0 Å². The van der Waals surface area contributed by atoms with E-state index in [0.717, 1.165) is 13.1 Å². The number of carbonyl (C=O) groups excluding carboxylic acids is 1. The van der Waals surface area contributed by atoms with Crippen molar-refractivity contribution in [2.24, 2.45) is 5.41 Å². The van der Waals surface area contributed by atoms with E-state index in [2.05, 4.69) is 18.7 Å². The molecule has 1 saturated heterocycles. The number of carbonyl (C=O) groups is 1. The Labute approximate surface area is 87.7 Å². The van der Waals surface area contributed by atoms with Gasteiger partial charge in [-0.2, -0.15) is 0 Å². The van der Waals surface area contributed by atoms with Crippen molar-refractivity contribution in [3.05, 3.63) is 0 Å². The Hall–Kier alpha value is -0.370. The van der Waals surface area contributed by atoms with Crippen molar-refractivity contribution in [1.29, 1.82) is 0 Å². The average molecular weight is 197 g/mol. The Balaban J connectivity index is 2.44. The van der Waals surface area contributed by atoms with Crippen LogP contribution in [0.3, 0.4) is 0 Å². The second-order valence-corrected chi connectivity index (χ2v) is 4.56. The largest absolute Gasteiger partial charge is 0.298 e. The van der Waals surface area contributed by atoms with E-state index in [9.17, 15) is 4.79 Å². The Bertz CT molecular complexity index is 196. The zero-order valence-electron chi connectivity index (χ0n) is 9.81. The molecule has 2 nitrogen and oxygen atoms in total. The van der Waals surface area contributed by atoms with Crippen molar-refractivity contribution in [2.45, 2.75) is 46.5 Å². The normalized spacial score (nSPS) is 21.4. The first-order valence-corrected chi connectivity index (χ1v) is 5.90. The smallest absolute Gasteiger partial charge is 0.146 e. The summed E-state index contributed by atoms with van der Waals surface area (Å²) in [5.74, 6) is 0.382. The van der Waals surface area contributed by atoms with Gasteiger partial charge in [0.25, 0.3) is 0 Å². The highest BCUT2D eigenvalue weighted by atomic mass is 16.1. The highest BCUT2D eigenvalue weighted by Crippen LogP contribution is 2.36. The second kappa shape index (κ2) is 4.92. The molecule has 0 spiro atoms. The standard InChI is InChI=1S/C12H23NO/c1-4-11(14)9-13-8-7-12(5-2,6-3)10-13/h4-10H2,1-3H3. The molecule has 14 heavy (non-hydrogen) atoms. The first-order chi connectivity index (χ1) is 6.65. The van der Waals surface area contributed by atoms with E-state index in [1.165, 1.54) is 19.3 Å². The van der Waals surface area contributed by atoms with Gasteiger partial charge in [0.2, 0.25) is 0 Å². The van der Waals surface area contributed by atoms with Crippen molar-refractivity contribution in [2.75, 3.05) is 19.6 Å². The summed E-state index contributed by atoms with van der Waals surface area (Å²) < 4.78 is 0. The van der Waals surface area contributed by atoms with Crippen molar-refractivity contribution >= 4 is 5.78 Å². The van der Waals surface area contributed by atoms with Gasteiger partial charge in [0.05, 0.1) is 6.54 Å². The zero-order valence-corrected chi connectivity index (χ0v) is 9.81. The van der Waals surface area contributed by atoms with Crippen LogP contribution in [0.4, 0.5) is 0 Å². The number of hydrogen-bond donors (Lipinski definition) is 0. The van der Waals surface area contributed by atoms with Crippen LogP contribution < -0.4 is 0 Å². The fourth-order valence-electron chi connectivity index (χ4n) is 2.35. The quantitative estimate of drug-likeness (QED) is 0.675. The molecule has 0 bridgehead atoms. The van der Waals surface area contributed by atoms with Crippen LogP contribution >= 0.6 is 0 Å². The molecule has 1 aliphatic heterocycles. The monoisotopic (exact) mass is 197 g/mol. The first-order valence-electron chi connectivity index (χ1n) is 5.90. The molecule has 1 fully saturated rings. The van der Waals surface area contributed by atoms with Gasteiger partial charge in [-0.3, -0.25) is 9.69 Å². The lowest BCUT2D eigenvalue weighted by atomic mass is 9.82. The summed E-state index contributed by atoms with van der Waals surface area (Å²) in [4.78, 5) is 13.6. The van der Waals surface area contributed by atoms with E-state index in [4.69, 9.17) is 0 Å². The maximum Gasteiger partial charge on any atom is 0.146 e. The van der Waals surface area contributed by atoms with Crippen molar-refractivity contribution < 1.29 is 4.79 Å². The highest BCUT2D eigenvalue weighted by molar-refractivity contribution is 5.80. The van der Waals surface area contributed by atoms with Crippen LogP contribution in [0.25, 0.3) is 0 Å². The molecule has 0 saturated carbocycles. The predicted octanol–water partition coefficient (Wildman–Crippen LogP) is 2.48. The molecule has 1 heterocycles. The summed E-state index contributed by atoms with van der Waals surface area (Å²) in [7, 11) is 0. The Morgan fingerprint density at radius 1 is 1.29 bits per heavy atom. The molecule has 0 amide bonds. The number of nitrogens with zero attached hydrogens (tertiary/aromatic N) is 1. The second-order valence-electron chi connectivity index (χ2n) is 4.56. The number of likely N-dealkylation sites (tertiary alicyclic amines) is 1. The van der Waals surface area contributed by atoms with Crippen LogP contribution in [-0.2, 0) is 4.79 Å². The lowest BCUT2D eigenvalue weighted by molar-refractivity contribution is -0.119. The van der Waals surface area contributed by atoms with Gasteiger partial charge in [0.1, 0.15) is 5.78 Å². The molecule has 1 aliphatic rings. The lowest BCUT2D eigenvalue weighted by Gasteiger charge is -2.26. The minimum Gasteiger partial charge on any atom is -0.298 e. The molecular formula is C12H23NO. The van der Waals surface area contributed by atoms with E-state index in [0.29, 0.717) is 24.2 Å². The summed E-state index contributed by atoms with van der Waals surface area (Å²) in [5, 5.41) is 0. The molecule has 0 N–H and O–H groups in total. The maximum absolute atomic E-state index is 11.3. The summed E-state index contributed by atoms with van der Waals surface area (Å²) >= 11 is 0. The summed E-state index contributed by atoms with van der Waals surface area (Å²) in [6.45, 7) is 9.42.